The van der Waals surface area contributed by atoms with Crippen molar-refractivity contribution in [3.8, 4) is 0 Å². The summed E-state index contributed by atoms with van der Waals surface area (Å²) >= 11 is 0. The number of aryl methyl sites for hydroxylation is 2. The molecule has 2 heteroatoms. The van der Waals surface area contributed by atoms with Gasteiger partial charge in [-0.25, -0.2) is 0 Å². The van der Waals surface area contributed by atoms with Crippen LogP contribution in [0, 0.1) is 6.92 Å². The zero-order valence-corrected chi connectivity index (χ0v) is 11.2. The molecule has 0 radical (unpaired) electrons. The van der Waals surface area contributed by atoms with Gasteiger partial charge in [0.25, 0.3) is 5.91 Å². The Morgan fingerprint density at radius 1 is 1.05 bits per heavy atom. The van der Waals surface area contributed by atoms with Crippen LogP contribution in [-0.4, -0.2) is 12.5 Å². The van der Waals surface area contributed by atoms with Crippen molar-refractivity contribution in [1.82, 2.24) is 5.32 Å². The van der Waals surface area contributed by atoms with Gasteiger partial charge in [-0.2, -0.15) is 0 Å². The quantitative estimate of drug-likeness (QED) is 0.813. The van der Waals surface area contributed by atoms with Gasteiger partial charge in [0.2, 0.25) is 0 Å². The minimum absolute atomic E-state index is 0.0109. The number of hydrogen-bond acceptors (Lipinski definition) is 1. The third-order valence-electron chi connectivity index (χ3n) is 3.05. The van der Waals surface area contributed by atoms with E-state index in [9.17, 15) is 4.79 Å². The van der Waals surface area contributed by atoms with E-state index in [1.165, 1.54) is 5.56 Å². The van der Waals surface area contributed by atoms with Crippen molar-refractivity contribution in [3.63, 3.8) is 0 Å². The lowest BCUT2D eigenvalue weighted by Crippen LogP contribution is -2.24. The first-order valence-corrected chi connectivity index (χ1v) is 6.64. The van der Waals surface area contributed by atoms with Gasteiger partial charge in [-0.15, -0.1) is 0 Å². The largest absolute Gasteiger partial charge is 0.352 e. The Labute approximate surface area is 114 Å². The molecule has 0 bridgehead atoms. The summed E-state index contributed by atoms with van der Waals surface area (Å²) in [6, 6.07) is 18.0. The van der Waals surface area contributed by atoms with E-state index in [0.29, 0.717) is 6.54 Å². The molecule has 0 aliphatic carbocycles. The molecule has 0 atom stereocenters. The zero-order chi connectivity index (χ0) is 13.5. The number of nitrogens with one attached hydrogen (secondary N) is 1. The van der Waals surface area contributed by atoms with Crippen LogP contribution >= 0.6 is 0 Å². The van der Waals surface area contributed by atoms with Crippen LogP contribution in [0.3, 0.4) is 0 Å². The summed E-state index contributed by atoms with van der Waals surface area (Å²) in [4.78, 5) is 11.9. The van der Waals surface area contributed by atoms with Crippen molar-refractivity contribution in [1.29, 1.82) is 0 Å². The molecule has 0 heterocycles. The molecule has 98 valence electrons. The molecule has 0 aliphatic rings. The van der Waals surface area contributed by atoms with Crippen molar-refractivity contribution in [2.75, 3.05) is 6.54 Å². The monoisotopic (exact) mass is 253 g/mol. The lowest BCUT2D eigenvalue weighted by Gasteiger charge is -2.06. The van der Waals surface area contributed by atoms with Crippen LogP contribution < -0.4 is 5.32 Å². The fraction of sp³-hybridized carbons (Fsp3) is 0.235. The summed E-state index contributed by atoms with van der Waals surface area (Å²) in [5, 5.41) is 2.96. The van der Waals surface area contributed by atoms with Gasteiger partial charge < -0.3 is 5.32 Å². The highest BCUT2D eigenvalue weighted by molar-refractivity contribution is 5.94. The van der Waals surface area contributed by atoms with Crippen LogP contribution in [-0.2, 0) is 6.42 Å². The molecule has 1 N–H and O–H groups in total. The van der Waals surface area contributed by atoms with Crippen molar-refractivity contribution >= 4 is 5.91 Å². The molecular formula is C17H19NO. The number of carbonyl (C=O) groups excluding carboxylic acids is 1. The normalized spacial score (nSPS) is 10.2. The van der Waals surface area contributed by atoms with E-state index in [4.69, 9.17) is 0 Å². The first-order valence-electron chi connectivity index (χ1n) is 6.64. The van der Waals surface area contributed by atoms with E-state index in [2.05, 4.69) is 17.4 Å². The molecule has 0 saturated carbocycles. The molecule has 0 saturated heterocycles. The topological polar surface area (TPSA) is 29.1 Å². The number of hydrogen-bond donors (Lipinski definition) is 1. The van der Waals surface area contributed by atoms with E-state index in [0.717, 1.165) is 24.0 Å². The van der Waals surface area contributed by atoms with Crippen LogP contribution in [0.2, 0.25) is 0 Å². The van der Waals surface area contributed by atoms with Gasteiger partial charge in [-0.3, -0.25) is 4.79 Å². The molecule has 2 nitrogen and oxygen atoms in total. The Kier molecular flexibility index (Phi) is 4.73. The minimum atomic E-state index is 0.0109. The molecule has 2 aromatic carbocycles. The van der Waals surface area contributed by atoms with Gasteiger partial charge in [0, 0.05) is 12.1 Å². The first kappa shape index (κ1) is 13.3. The SMILES string of the molecule is Cc1cccc(C(=O)NCCCc2ccccc2)c1. The molecule has 0 fully saturated rings. The summed E-state index contributed by atoms with van der Waals surface area (Å²) in [5.41, 5.74) is 3.16. The maximum Gasteiger partial charge on any atom is 0.251 e. The molecule has 0 spiro atoms. The number of amides is 1. The molecule has 2 aromatic rings. The van der Waals surface area contributed by atoms with Gasteiger partial charge >= 0.3 is 0 Å². The second-order valence-corrected chi connectivity index (χ2v) is 4.71. The Morgan fingerprint density at radius 3 is 2.58 bits per heavy atom. The second kappa shape index (κ2) is 6.74. The van der Waals surface area contributed by atoms with Crippen molar-refractivity contribution < 1.29 is 4.79 Å². The smallest absolute Gasteiger partial charge is 0.251 e. The van der Waals surface area contributed by atoms with Crippen LogP contribution in [0.15, 0.2) is 54.6 Å². The second-order valence-electron chi connectivity index (χ2n) is 4.71. The Balaban J connectivity index is 1.75. The van der Waals surface area contributed by atoms with Crippen molar-refractivity contribution in [2.45, 2.75) is 19.8 Å². The number of benzene rings is 2. The minimum Gasteiger partial charge on any atom is -0.352 e. The maximum absolute atomic E-state index is 11.9. The van der Waals surface area contributed by atoms with Crippen LogP contribution in [0.25, 0.3) is 0 Å². The van der Waals surface area contributed by atoms with Crippen molar-refractivity contribution in [2.24, 2.45) is 0 Å². The standard InChI is InChI=1S/C17H19NO/c1-14-7-5-11-16(13-14)17(19)18-12-6-10-15-8-3-2-4-9-15/h2-5,7-9,11,13H,6,10,12H2,1H3,(H,18,19). The zero-order valence-electron chi connectivity index (χ0n) is 11.2. The van der Waals surface area contributed by atoms with Crippen LogP contribution in [0.4, 0.5) is 0 Å². The summed E-state index contributed by atoms with van der Waals surface area (Å²) in [6.07, 6.45) is 1.95. The average molecular weight is 253 g/mol. The van der Waals surface area contributed by atoms with E-state index in [-0.39, 0.29) is 5.91 Å². The van der Waals surface area contributed by atoms with Gasteiger partial charge in [0.05, 0.1) is 0 Å². The molecule has 19 heavy (non-hydrogen) atoms. The van der Waals surface area contributed by atoms with E-state index < -0.39 is 0 Å². The van der Waals surface area contributed by atoms with Crippen LogP contribution in [0.1, 0.15) is 27.9 Å². The lowest BCUT2D eigenvalue weighted by atomic mass is 10.1. The summed E-state index contributed by atoms with van der Waals surface area (Å²) < 4.78 is 0. The Bertz CT molecular complexity index is 534. The van der Waals surface area contributed by atoms with Gasteiger partial charge in [0.15, 0.2) is 0 Å². The van der Waals surface area contributed by atoms with Gasteiger partial charge in [0.1, 0.15) is 0 Å². The predicted molar refractivity (Wildman–Crippen MR) is 78.3 cm³/mol. The van der Waals surface area contributed by atoms with Crippen molar-refractivity contribution in [3.05, 3.63) is 71.3 Å². The molecule has 0 aromatic heterocycles. The van der Waals surface area contributed by atoms with Gasteiger partial charge in [-0.05, 0) is 37.5 Å². The van der Waals surface area contributed by atoms with E-state index in [1.807, 2.05) is 49.4 Å². The fourth-order valence-corrected chi connectivity index (χ4v) is 2.03. The molecule has 0 unspecified atom stereocenters. The Morgan fingerprint density at radius 2 is 1.84 bits per heavy atom. The summed E-state index contributed by atoms with van der Waals surface area (Å²) in [5.74, 6) is 0.0109. The predicted octanol–water partition coefficient (Wildman–Crippen LogP) is 3.36. The highest BCUT2D eigenvalue weighted by atomic mass is 16.1. The summed E-state index contributed by atoms with van der Waals surface area (Å²) in [7, 11) is 0. The lowest BCUT2D eigenvalue weighted by molar-refractivity contribution is 0.0953. The summed E-state index contributed by atoms with van der Waals surface area (Å²) in [6.45, 7) is 2.70. The first-order chi connectivity index (χ1) is 9.25. The van der Waals surface area contributed by atoms with E-state index in [1.54, 1.807) is 0 Å². The molecule has 0 aliphatic heterocycles. The van der Waals surface area contributed by atoms with E-state index >= 15 is 0 Å². The Hall–Kier alpha value is -2.09. The van der Waals surface area contributed by atoms with Gasteiger partial charge in [-0.1, -0.05) is 48.0 Å². The number of carbonyl (C=O) groups is 1. The van der Waals surface area contributed by atoms with Crippen LogP contribution in [0.5, 0.6) is 0 Å². The highest BCUT2D eigenvalue weighted by Crippen LogP contribution is 2.04. The molecule has 2 rings (SSSR count). The average Bonchev–Trinajstić information content (AvgIpc) is 2.44. The third-order valence-corrected chi connectivity index (χ3v) is 3.05. The highest BCUT2D eigenvalue weighted by Gasteiger charge is 2.04. The number of rotatable bonds is 5. The molecule has 1 amide bonds. The molecular weight excluding hydrogens is 234 g/mol. The fourth-order valence-electron chi connectivity index (χ4n) is 2.03. The third kappa shape index (κ3) is 4.25. The maximum atomic E-state index is 11.9.